The van der Waals surface area contributed by atoms with E-state index in [1.165, 1.54) is 4.90 Å². The maximum atomic E-state index is 12.0. The van der Waals surface area contributed by atoms with Gasteiger partial charge in [0.1, 0.15) is 4.34 Å². The van der Waals surface area contributed by atoms with Gasteiger partial charge in [0.2, 0.25) is 0 Å². The van der Waals surface area contributed by atoms with E-state index < -0.39 is 0 Å². The predicted octanol–water partition coefficient (Wildman–Crippen LogP) is 3.69. The molecule has 0 atom stereocenters. The fourth-order valence-corrected chi connectivity index (χ4v) is 3.25. The molecule has 1 heterocycles. The highest BCUT2D eigenvalue weighted by molar-refractivity contribution is 7.20. The third-order valence-corrected chi connectivity index (χ3v) is 4.45. The largest absolute Gasteiger partial charge is 0.348 e. The number of hydrogen-bond acceptors (Lipinski definition) is 3. The van der Waals surface area contributed by atoms with Gasteiger partial charge in [-0.05, 0) is 23.8 Å². The maximum Gasteiger partial charge on any atom is 0.253 e. The van der Waals surface area contributed by atoms with E-state index >= 15 is 0 Å². The van der Waals surface area contributed by atoms with Gasteiger partial charge in [0, 0.05) is 26.2 Å². The molecule has 2 rings (SSSR count). The quantitative estimate of drug-likeness (QED) is 0.907. The summed E-state index contributed by atoms with van der Waals surface area (Å²) in [4.78, 5) is 25.3. The first kappa shape index (κ1) is 16.8. The van der Waals surface area contributed by atoms with Gasteiger partial charge in [0.05, 0.1) is 9.90 Å². The molecule has 0 saturated heterocycles. The average molecular weight is 357 g/mol. The van der Waals surface area contributed by atoms with E-state index in [0.717, 1.165) is 16.9 Å². The van der Waals surface area contributed by atoms with Crippen molar-refractivity contribution in [3.05, 3.63) is 55.7 Å². The van der Waals surface area contributed by atoms with Crippen LogP contribution in [-0.2, 0) is 6.54 Å². The predicted molar refractivity (Wildman–Crippen MR) is 90.0 cm³/mol. The molecule has 0 aliphatic heterocycles. The van der Waals surface area contributed by atoms with Crippen LogP contribution >= 0.6 is 34.5 Å². The van der Waals surface area contributed by atoms with Gasteiger partial charge >= 0.3 is 0 Å². The second kappa shape index (κ2) is 7.13. The number of benzene rings is 1. The van der Waals surface area contributed by atoms with E-state index in [4.69, 9.17) is 23.2 Å². The van der Waals surface area contributed by atoms with Crippen molar-refractivity contribution in [2.75, 3.05) is 14.1 Å². The minimum atomic E-state index is -0.276. The summed E-state index contributed by atoms with van der Waals surface area (Å²) >= 11 is 12.9. The van der Waals surface area contributed by atoms with Crippen LogP contribution in [0, 0.1) is 0 Å². The van der Waals surface area contributed by atoms with Crippen molar-refractivity contribution >= 4 is 46.4 Å². The van der Waals surface area contributed by atoms with E-state index in [1.54, 1.807) is 44.4 Å². The van der Waals surface area contributed by atoms with Gasteiger partial charge < -0.3 is 10.2 Å². The normalized spacial score (nSPS) is 10.4. The molecule has 1 aromatic carbocycles. The molecule has 22 heavy (non-hydrogen) atoms. The van der Waals surface area contributed by atoms with E-state index in [-0.39, 0.29) is 11.8 Å². The van der Waals surface area contributed by atoms with Crippen molar-refractivity contribution in [3.63, 3.8) is 0 Å². The number of hydrogen-bond donors (Lipinski definition) is 1. The van der Waals surface area contributed by atoms with Gasteiger partial charge in [-0.3, -0.25) is 9.59 Å². The second-order valence-electron chi connectivity index (χ2n) is 4.82. The van der Waals surface area contributed by atoms with Crippen LogP contribution < -0.4 is 5.32 Å². The Morgan fingerprint density at radius 2 is 1.82 bits per heavy atom. The van der Waals surface area contributed by atoms with Gasteiger partial charge in [-0.2, -0.15) is 0 Å². The first-order valence-electron chi connectivity index (χ1n) is 6.42. The van der Waals surface area contributed by atoms with Crippen LogP contribution in [0.2, 0.25) is 8.67 Å². The molecule has 0 spiro atoms. The average Bonchev–Trinajstić information content (AvgIpc) is 2.83. The van der Waals surface area contributed by atoms with Gasteiger partial charge in [0.25, 0.3) is 11.8 Å². The third-order valence-electron chi connectivity index (χ3n) is 2.96. The highest BCUT2D eigenvalue weighted by Crippen LogP contribution is 2.30. The first-order chi connectivity index (χ1) is 10.4. The standard InChI is InChI=1S/C15H14Cl2N2O2S/c1-19(2)15(21)10-5-3-9(4-6-10)8-18-14(20)11-7-12(16)22-13(11)17/h3-7H,8H2,1-2H3,(H,18,20). The lowest BCUT2D eigenvalue weighted by Gasteiger charge is -2.10. The number of nitrogens with one attached hydrogen (secondary N) is 1. The molecule has 0 bridgehead atoms. The van der Waals surface area contributed by atoms with Crippen molar-refractivity contribution < 1.29 is 9.59 Å². The number of amides is 2. The summed E-state index contributed by atoms with van der Waals surface area (Å²) < 4.78 is 0.844. The SMILES string of the molecule is CN(C)C(=O)c1ccc(CNC(=O)c2cc(Cl)sc2Cl)cc1. The molecule has 0 radical (unpaired) electrons. The maximum absolute atomic E-state index is 12.0. The van der Waals surface area contributed by atoms with Crippen LogP contribution in [0.3, 0.4) is 0 Å². The summed E-state index contributed by atoms with van der Waals surface area (Å²) in [6.45, 7) is 0.346. The van der Waals surface area contributed by atoms with Crippen molar-refractivity contribution in [2.45, 2.75) is 6.54 Å². The zero-order valence-corrected chi connectivity index (χ0v) is 14.4. The lowest BCUT2D eigenvalue weighted by Crippen LogP contribution is -2.23. The fraction of sp³-hybridized carbons (Fsp3) is 0.200. The van der Waals surface area contributed by atoms with E-state index in [1.807, 2.05) is 0 Å². The van der Waals surface area contributed by atoms with Crippen LogP contribution in [0.25, 0.3) is 0 Å². The van der Waals surface area contributed by atoms with Crippen molar-refractivity contribution in [3.8, 4) is 0 Å². The van der Waals surface area contributed by atoms with Gasteiger partial charge in [-0.1, -0.05) is 35.3 Å². The molecule has 0 fully saturated rings. The Morgan fingerprint density at radius 3 is 2.32 bits per heavy atom. The Kier molecular flexibility index (Phi) is 5.45. The summed E-state index contributed by atoms with van der Waals surface area (Å²) in [5.41, 5.74) is 1.87. The first-order valence-corrected chi connectivity index (χ1v) is 7.99. The summed E-state index contributed by atoms with van der Waals surface area (Å²) in [6, 6.07) is 8.62. The molecule has 0 unspecified atom stereocenters. The smallest absolute Gasteiger partial charge is 0.253 e. The Morgan fingerprint density at radius 1 is 1.18 bits per heavy atom. The minimum absolute atomic E-state index is 0.0599. The monoisotopic (exact) mass is 356 g/mol. The molecule has 1 N–H and O–H groups in total. The fourth-order valence-electron chi connectivity index (χ4n) is 1.80. The Bertz CT molecular complexity index is 696. The van der Waals surface area contributed by atoms with Gasteiger partial charge in [-0.25, -0.2) is 0 Å². The van der Waals surface area contributed by atoms with Crippen LogP contribution in [0.15, 0.2) is 30.3 Å². The van der Waals surface area contributed by atoms with E-state index in [9.17, 15) is 9.59 Å². The number of carbonyl (C=O) groups is 2. The molecular formula is C15H14Cl2N2O2S. The molecule has 2 aromatic rings. The molecule has 0 aliphatic carbocycles. The molecule has 0 saturated carbocycles. The molecule has 4 nitrogen and oxygen atoms in total. The van der Waals surface area contributed by atoms with E-state index in [0.29, 0.717) is 26.3 Å². The summed E-state index contributed by atoms with van der Waals surface area (Å²) in [6.07, 6.45) is 0. The lowest BCUT2D eigenvalue weighted by molar-refractivity contribution is 0.0827. The highest BCUT2D eigenvalue weighted by Gasteiger charge is 2.14. The topological polar surface area (TPSA) is 49.4 Å². The number of halogens is 2. The highest BCUT2D eigenvalue weighted by atomic mass is 35.5. The van der Waals surface area contributed by atoms with Crippen LogP contribution in [-0.4, -0.2) is 30.8 Å². The zero-order chi connectivity index (χ0) is 16.3. The number of nitrogens with zero attached hydrogens (tertiary/aromatic N) is 1. The van der Waals surface area contributed by atoms with Crippen molar-refractivity contribution in [1.82, 2.24) is 10.2 Å². The van der Waals surface area contributed by atoms with Crippen LogP contribution in [0.4, 0.5) is 0 Å². The molecule has 7 heteroatoms. The van der Waals surface area contributed by atoms with E-state index in [2.05, 4.69) is 5.32 Å². The second-order valence-corrected chi connectivity index (χ2v) is 7.10. The summed E-state index contributed by atoms with van der Waals surface area (Å²) in [7, 11) is 3.40. The molecule has 1 aromatic heterocycles. The van der Waals surface area contributed by atoms with Crippen LogP contribution in [0.5, 0.6) is 0 Å². The molecule has 0 aliphatic rings. The Hall–Kier alpha value is -1.56. The van der Waals surface area contributed by atoms with Crippen molar-refractivity contribution in [1.29, 1.82) is 0 Å². The molecule has 116 valence electrons. The summed E-state index contributed by atoms with van der Waals surface area (Å²) in [5.74, 6) is -0.336. The van der Waals surface area contributed by atoms with Gasteiger partial charge in [0.15, 0.2) is 0 Å². The lowest BCUT2D eigenvalue weighted by atomic mass is 10.1. The number of carbonyl (C=O) groups excluding carboxylic acids is 2. The van der Waals surface area contributed by atoms with Gasteiger partial charge in [-0.15, -0.1) is 11.3 Å². The third kappa shape index (κ3) is 4.00. The summed E-state index contributed by atoms with van der Waals surface area (Å²) in [5, 5.41) is 2.77. The molecular weight excluding hydrogens is 343 g/mol. The Balaban J connectivity index is 1.99. The zero-order valence-electron chi connectivity index (χ0n) is 12.0. The molecule has 2 amide bonds. The van der Waals surface area contributed by atoms with Crippen LogP contribution in [0.1, 0.15) is 26.3 Å². The van der Waals surface area contributed by atoms with Crippen molar-refractivity contribution in [2.24, 2.45) is 0 Å². The number of thiophene rings is 1. The number of rotatable bonds is 4. The Labute approximate surface area is 142 Å². The minimum Gasteiger partial charge on any atom is -0.348 e.